The van der Waals surface area contributed by atoms with Crippen molar-refractivity contribution < 1.29 is 9.53 Å². The van der Waals surface area contributed by atoms with E-state index in [0.717, 1.165) is 30.6 Å². The largest absolute Gasteiger partial charge is 0.489 e. The van der Waals surface area contributed by atoms with Crippen LogP contribution >= 0.6 is 23.1 Å². The summed E-state index contributed by atoms with van der Waals surface area (Å²) in [6.07, 6.45) is 1.31. The molecule has 3 aromatic rings. The van der Waals surface area contributed by atoms with Crippen molar-refractivity contribution in [3.05, 3.63) is 64.1 Å². The molecule has 0 aliphatic rings. The number of thiophene rings is 1. The number of rotatable bonds is 9. The summed E-state index contributed by atoms with van der Waals surface area (Å²) in [6, 6.07) is 12.3. The molecule has 0 aliphatic heterocycles. The maximum Gasteiger partial charge on any atom is 0.272 e. The second-order valence-corrected chi connectivity index (χ2v) is 7.92. The minimum atomic E-state index is -0.233. The summed E-state index contributed by atoms with van der Waals surface area (Å²) >= 11 is 2.79. The van der Waals surface area contributed by atoms with Gasteiger partial charge in [-0.2, -0.15) is 8.75 Å². The van der Waals surface area contributed by atoms with E-state index in [2.05, 4.69) is 49.6 Å². The van der Waals surface area contributed by atoms with Gasteiger partial charge in [0.05, 0.1) is 24.5 Å². The average molecular weight is 403 g/mol. The Labute approximate surface area is 167 Å². The Balaban J connectivity index is 1.48. The Kier molecular flexibility index (Phi) is 6.92. The van der Waals surface area contributed by atoms with Crippen LogP contribution in [0, 0.1) is 0 Å². The van der Waals surface area contributed by atoms with E-state index in [4.69, 9.17) is 4.74 Å². The zero-order valence-electron chi connectivity index (χ0n) is 15.3. The van der Waals surface area contributed by atoms with Gasteiger partial charge in [-0.25, -0.2) is 0 Å². The smallest absolute Gasteiger partial charge is 0.272 e. The van der Waals surface area contributed by atoms with E-state index in [1.807, 2.05) is 25.1 Å². The molecule has 0 bridgehead atoms. The number of benzene rings is 1. The zero-order valence-corrected chi connectivity index (χ0v) is 16.9. The maximum atomic E-state index is 11.9. The molecule has 0 aliphatic carbocycles. The summed E-state index contributed by atoms with van der Waals surface area (Å²) < 4.78 is 13.7. The standard InChI is InChI=1S/C19H22N4O2S2/c1-14(10-20-19(24)18-11-21-27-22-18)25-16-6-3-5-15(9-16)12-23(2)13-17-7-4-8-26-17/h3-9,11,14H,10,12-13H2,1-2H3,(H,20,24)/t14-/m1/s1. The molecule has 1 atom stereocenters. The number of hydrogen-bond donors (Lipinski definition) is 1. The molecule has 6 nitrogen and oxygen atoms in total. The maximum absolute atomic E-state index is 11.9. The summed E-state index contributed by atoms with van der Waals surface area (Å²) in [5.74, 6) is 0.567. The van der Waals surface area contributed by atoms with Gasteiger partial charge in [-0.15, -0.1) is 11.3 Å². The predicted molar refractivity (Wildman–Crippen MR) is 108 cm³/mol. The second-order valence-electron chi connectivity index (χ2n) is 6.33. The van der Waals surface area contributed by atoms with Crippen LogP contribution in [0.1, 0.15) is 27.9 Å². The zero-order chi connectivity index (χ0) is 19.1. The summed E-state index contributed by atoms with van der Waals surface area (Å²) in [6.45, 7) is 4.10. The molecule has 1 amide bonds. The van der Waals surface area contributed by atoms with Gasteiger partial charge in [-0.3, -0.25) is 9.69 Å². The van der Waals surface area contributed by atoms with Gasteiger partial charge in [0.2, 0.25) is 0 Å². The molecule has 0 unspecified atom stereocenters. The molecular formula is C19H22N4O2S2. The lowest BCUT2D eigenvalue weighted by Crippen LogP contribution is -2.33. The topological polar surface area (TPSA) is 67.3 Å². The van der Waals surface area contributed by atoms with Gasteiger partial charge in [-0.05, 0) is 43.1 Å². The number of aromatic nitrogens is 2. The molecule has 8 heteroatoms. The predicted octanol–water partition coefficient (Wildman–Crippen LogP) is 3.43. The number of carbonyl (C=O) groups excluding carboxylic acids is 1. The van der Waals surface area contributed by atoms with Crippen molar-refractivity contribution in [1.29, 1.82) is 0 Å². The third-order valence-corrected chi connectivity index (χ3v) is 5.18. The molecule has 2 heterocycles. The van der Waals surface area contributed by atoms with E-state index >= 15 is 0 Å². The molecular weight excluding hydrogens is 380 g/mol. The highest BCUT2D eigenvalue weighted by molar-refractivity contribution is 7.09. The van der Waals surface area contributed by atoms with Crippen LogP contribution in [0.15, 0.2) is 48.0 Å². The van der Waals surface area contributed by atoms with E-state index in [0.29, 0.717) is 12.2 Å². The first kappa shape index (κ1) is 19.5. The fourth-order valence-corrected chi connectivity index (χ4v) is 3.82. The van der Waals surface area contributed by atoms with Gasteiger partial charge in [-0.1, -0.05) is 18.2 Å². The molecule has 142 valence electrons. The third kappa shape index (κ3) is 6.13. The van der Waals surface area contributed by atoms with Crippen LogP contribution in [-0.2, 0) is 13.1 Å². The SMILES string of the molecule is C[C@H](CNC(=O)c1cnsn1)Oc1cccc(CN(C)Cc2cccs2)c1. The van der Waals surface area contributed by atoms with Crippen molar-refractivity contribution in [2.75, 3.05) is 13.6 Å². The minimum absolute atomic E-state index is 0.153. The number of carbonyl (C=O) groups is 1. The number of ether oxygens (including phenoxy) is 1. The molecule has 27 heavy (non-hydrogen) atoms. The molecule has 0 saturated heterocycles. The number of amides is 1. The minimum Gasteiger partial charge on any atom is -0.489 e. The first-order valence-electron chi connectivity index (χ1n) is 8.62. The second kappa shape index (κ2) is 9.59. The first-order valence-corrected chi connectivity index (χ1v) is 10.2. The van der Waals surface area contributed by atoms with Crippen LogP contribution in [0.25, 0.3) is 0 Å². The summed E-state index contributed by atoms with van der Waals surface area (Å²) in [5, 5.41) is 4.91. The van der Waals surface area contributed by atoms with Crippen LogP contribution in [0.2, 0.25) is 0 Å². The van der Waals surface area contributed by atoms with Gasteiger partial charge in [0.25, 0.3) is 5.91 Å². The van der Waals surface area contributed by atoms with Gasteiger partial charge >= 0.3 is 0 Å². The van der Waals surface area contributed by atoms with Crippen LogP contribution in [0.5, 0.6) is 5.75 Å². The molecule has 0 spiro atoms. The molecule has 0 saturated carbocycles. The van der Waals surface area contributed by atoms with Gasteiger partial charge in [0, 0.05) is 18.0 Å². The molecule has 2 aromatic heterocycles. The lowest BCUT2D eigenvalue weighted by Gasteiger charge is -2.18. The average Bonchev–Trinajstić information content (AvgIpc) is 3.33. The summed E-state index contributed by atoms with van der Waals surface area (Å²) in [4.78, 5) is 15.5. The summed E-state index contributed by atoms with van der Waals surface area (Å²) in [7, 11) is 2.11. The van der Waals surface area contributed by atoms with E-state index in [1.165, 1.54) is 16.6 Å². The normalized spacial score (nSPS) is 12.1. The van der Waals surface area contributed by atoms with Crippen molar-refractivity contribution in [3.8, 4) is 5.75 Å². The Hall–Kier alpha value is -2.29. The number of nitrogens with zero attached hydrogens (tertiary/aromatic N) is 3. The highest BCUT2D eigenvalue weighted by atomic mass is 32.1. The highest BCUT2D eigenvalue weighted by Gasteiger charge is 2.11. The number of hydrogen-bond acceptors (Lipinski definition) is 7. The van der Waals surface area contributed by atoms with Crippen molar-refractivity contribution in [3.63, 3.8) is 0 Å². The van der Waals surface area contributed by atoms with Crippen LogP contribution in [0.4, 0.5) is 0 Å². The molecule has 1 aromatic carbocycles. The molecule has 3 rings (SSSR count). The molecule has 1 N–H and O–H groups in total. The lowest BCUT2D eigenvalue weighted by atomic mass is 10.2. The Morgan fingerprint density at radius 1 is 1.30 bits per heavy atom. The third-order valence-electron chi connectivity index (χ3n) is 3.84. The van der Waals surface area contributed by atoms with E-state index in [1.54, 1.807) is 11.3 Å². The van der Waals surface area contributed by atoms with E-state index in [-0.39, 0.29) is 12.0 Å². The Bertz CT molecular complexity index is 837. The van der Waals surface area contributed by atoms with Crippen LogP contribution < -0.4 is 10.1 Å². The Morgan fingerprint density at radius 3 is 2.93 bits per heavy atom. The van der Waals surface area contributed by atoms with Crippen LogP contribution in [-0.4, -0.2) is 39.3 Å². The van der Waals surface area contributed by atoms with Gasteiger partial charge in [0.1, 0.15) is 11.9 Å². The van der Waals surface area contributed by atoms with Crippen molar-refractivity contribution >= 4 is 29.0 Å². The van der Waals surface area contributed by atoms with Crippen molar-refractivity contribution in [2.45, 2.75) is 26.1 Å². The Morgan fingerprint density at radius 2 is 2.19 bits per heavy atom. The van der Waals surface area contributed by atoms with Crippen LogP contribution in [0.3, 0.4) is 0 Å². The van der Waals surface area contributed by atoms with E-state index in [9.17, 15) is 4.79 Å². The highest BCUT2D eigenvalue weighted by Crippen LogP contribution is 2.18. The van der Waals surface area contributed by atoms with Gasteiger partial charge in [0.15, 0.2) is 5.69 Å². The van der Waals surface area contributed by atoms with Crippen molar-refractivity contribution in [2.24, 2.45) is 0 Å². The first-order chi connectivity index (χ1) is 13.1. The summed E-state index contributed by atoms with van der Waals surface area (Å²) in [5.41, 5.74) is 1.53. The number of nitrogens with one attached hydrogen (secondary N) is 1. The van der Waals surface area contributed by atoms with Gasteiger partial charge < -0.3 is 10.1 Å². The molecule has 0 fully saturated rings. The quantitative estimate of drug-likeness (QED) is 0.594. The fourth-order valence-electron chi connectivity index (χ4n) is 2.62. The van der Waals surface area contributed by atoms with Crippen molar-refractivity contribution in [1.82, 2.24) is 19.0 Å². The monoisotopic (exact) mass is 402 g/mol. The van der Waals surface area contributed by atoms with E-state index < -0.39 is 0 Å². The lowest BCUT2D eigenvalue weighted by molar-refractivity contribution is 0.0928. The molecule has 0 radical (unpaired) electrons. The fraction of sp³-hybridized carbons (Fsp3) is 0.316.